The number of hydrogen-bond donors (Lipinski definition) is 0. The molecule has 0 aliphatic heterocycles. The minimum atomic E-state index is 0.552. The van der Waals surface area contributed by atoms with Gasteiger partial charge in [-0.05, 0) is 11.6 Å². The molecule has 2 heterocycles. The van der Waals surface area contributed by atoms with Crippen molar-refractivity contribution in [2.45, 2.75) is 0 Å². The molecule has 0 saturated carbocycles. The predicted molar refractivity (Wildman–Crippen MR) is 63.1 cm³/mol. The number of fused-ring (bicyclic) bond motifs is 1. The summed E-state index contributed by atoms with van der Waals surface area (Å²) in [5.74, 6) is 0. The Balaban J connectivity index is 2.34. The van der Waals surface area contributed by atoms with E-state index in [0.29, 0.717) is 11.2 Å². The van der Waals surface area contributed by atoms with Gasteiger partial charge in [0.1, 0.15) is 18.0 Å². The van der Waals surface area contributed by atoms with Gasteiger partial charge >= 0.3 is 0 Å². The van der Waals surface area contributed by atoms with E-state index in [1.165, 1.54) is 6.33 Å². The lowest BCUT2D eigenvalue weighted by atomic mass is 10.0. The maximum Gasteiger partial charge on any atom is 0.173 e. The summed E-state index contributed by atoms with van der Waals surface area (Å²) in [6.45, 7) is 0. The molecule has 0 atom stereocenters. The molecule has 0 fully saturated rings. The van der Waals surface area contributed by atoms with Crippen LogP contribution in [0.25, 0.3) is 16.8 Å². The van der Waals surface area contributed by atoms with E-state index in [9.17, 15) is 5.26 Å². The summed E-state index contributed by atoms with van der Waals surface area (Å²) < 4.78 is 1.60. The fourth-order valence-electron chi connectivity index (χ4n) is 1.86. The average molecular weight is 220 g/mol. The highest BCUT2D eigenvalue weighted by molar-refractivity contribution is 5.76. The Morgan fingerprint density at radius 2 is 1.94 bits per heavy atom. The van der Waals surface area contributed by atoms with Gasteiger partial charge < -0.3 is 0 Å². The molecule has 3 aromatic rings. The Bertz CT molecular complexity index is 707. The van der Waals surface area contributed by atoms with Gasteiger partial charge in [-0.2, -0.15) is 10.4 Å². The van der Waals surface area contributed by atoms with Crippen molar-refractivity contribution in [1.29, 1.82) is 5.26 Å². The average Bonchev–Trinajstić information content (AvgIpc) is 2.86. The molecule has 0 N–H and O–H groups in total. The Hall–Kier alpha value is -2.67. The highest BCUT2D eigenvalue weighted by atomic mass is 15.3. The molecule has 0 spiro atoms. The number of hydrogen-bond acceptors (Lipinski definition) is 3. The molecule has 17 heavy (non-hydrogen) atoms. The van der Waals surface area contributed by atoms with Crippen LogP contribution < -0.4 is 0 Å². The SMILES string of the molecule is N#Cc1c(-c2ccccc2)ccn2ncnc12. The van der Waals surface area contributed by atoms with Crippen molar-refractivity contribution in [3.63, 3.8) is 0 Å². The number of nitrogens with zero attached hydrogens (tertiary/aromatic N) is 4. The van der Waals surface area contributed by atoms with Gasteiger partial charge in [-0.1, -0.05) is 30.3 Å². The number of rotatable bonds is 1. The maximum absolute atomic E-state index is 9.27. The first-order chi connectivity index (χ1) is 8.40. The zero-order chi connectivity index (χ0) is 11.7. The van der Waals surface area contributed by atoms with Crippen LogP contribution in [0.5, 0.6) is 0 Å². The lowest BCUT2D eigenvalue weighted by molar-refractivity contribution is 0.960. The van der Waals surface area contributed by atoms with E-state index < -0.39 is 0 Å². The second-order valence-corrected chi connectivity index (χ2v) is 3.61. The molecular formula is C13H8N4. The molecule has 2 aromatic heterocycles. The number of aromatic nitrogens is 3. The van der Waals surface area contributed by atoms with Gasteiger partial charge in [0.25, 0.3) is 0 Å². The van der Waals surface area contributed by atoms with Crippen molar-refractivity contribution < 1.29 is 0 Å². The van der Waals surface area contributed by atoms with E-state index in [1.54, 1.807) is 4.52 Å². The maximum atomic E-state index is 9.27. The van der Waals surface area contributed by atoms with Gasteiger partial charge in [-0.25, -0.2) is 9.50 Å². The van der Waals surface area contributed by atoms with Gasteiger partial charge in [0.2, 0.25) is 0 Å². The lowest BCUT2D eigenvalue weighted by Crippen LogP contribution is -1.93. The minimum absolute atomic E-state index is 0.552. The molecule has 0 radical (unpaired) electrons. The quantitative estimate of drug-likeness (QED) is 0.632. The van der Waals surface area contributed by atoms with E-state index in [1.807, 2.05) is 42.6 Å². The largest absolute Gasteiger partial charge is 0.220 e. The van der Waals surface area contributed by atoms with Crippen LogP contribution in [-0.4, -0.2) is 14.6 Å². The number of pyridine rings is 1. The summed E-state index contributed by atoms with van der Waals surface area (Å²) in [4.78, 5) is 4.11. The topological polar surface area (TPSA) is 54.0 Å². The summed E-state index contributed by atoms with van der Waals surface area (Å²) in [5, 5.41) is 13.3. The third-order valence-electron chi connectivity index (χ3n) is 2.65. The monoisotopic (exact) mass is 220 g/mol. The third kappa shape index (κ3) is 1.45. The van der Waals surface area contributed by atoms with Crippen molar-refractivity contribution in [2.75, 3.05) is 0 Å². The van der Waals surface area contributed by atoms with Crippen molar-refractivity contribution in [1.82, 2.24) is 14.6 Å². The van der Waals surface area contributed by atoms with Crippen molar-refractivity contribution >= 4 is 5.65 Å². The number of nitriles is 1. The molecule has 4 heteroatoms. The Morgan fingerprint density at radius 1 is 1.12 bits per heavy atom. The van der Waals surface area contributed by atoms with Crippen LogP contribution in [0.4, 0.5) is 0 Å². The zero-order valence-electron chi connectivity index (χ0n) is 8.91. The highest BCUT2D eigenvalue weighted by Gasteiger charge is 2.10. The molecule has 4 nitrogen and oxygen atoms in total. The van der Waals surface area contributed by atoms with Crippen LogP contribution in [-0.2, 0) is 0 Å². The Labute approximate surface area is 97.8 Å². The molecule has 0 bridgehead atoms. The fourth-order valence-corrected chi connectivity index (χ4v) is 1.86. The normalized spacial score (nSPS) is 10.3. The molecule has 3 rings (SSSR count). The van der Waals surface area contributed by atoms with Gasteiger partial charge in [0, 0.05) is 11.8 Å². The molecule has 0 saturated heterocycles. The van der Waals surface area contributed by atoms with Crippen LogP contribution in [0.2, 0.25) is 0 Å². The molecule has 0 aliphatic rings. The predicted octanol–water partition coefficient (Wildman–Crippen LogP) is 2.27. The molecular weight excluding hydrogens is 212 g/mol. The standard InChI is InChI=1S/C13H8N4/c14-8-12-11(10-4-2-1-3-5-10)6-7-17-13(12)15-9-16-17/h1-7,9H. The van der Waals surface area contributed by atoms with E-state index in [2.05, 4.69) is 16.2 Å². The van der Waals surface area contributed by atoms with Crippen LogP contribution >= 0.6 is 0 Å². The zero-order valence-corrected chi connectivity index (χ0v) is 8.91. The van der Waals surface area contributed by atoms with Crippen molar-refractivity contribution in [3.05, 3.63) is 54.5 Å². The summed E-state index contributed by atoms with van der Waals surface area (Å²) in [6, 6.07) is 13.9. The smallest absolute Gasteiger partial charge is 0.173 e. The number of benzene rings is 1. The van der Waals surface area contributed by atoms with Crippen LogP contribution in [0.15, 0.2) is 48.9 Å². The molecule has 0 amide bonds. The fraction of sp³-hybridized carbons (Fsp3) is 0. The van der Waals surface area contributed by atoms with Crippen LogP contribution in [0.3, 0.4) is 0 Å². The van der Waals surface area contributed by atoms with Gasteiger partial charge in [0.15, 0.2) is 5.65 Å². The lowest BCUT2D eigenvalue weighted by Gasteiger charge is -2.04. The van der Waals surface area contributed by atoms with Gasteiger partial charge in [-0.3, -0.25) is 0 Å². The Kier molecular flexibility index (Phi) is 2.09. The highest BCUT2D eigenvalue weighted by Crippen LogP contribution is 2.24. The molecule has 0 unspecified atom stereocenters. The third-order valence-corrected chi connectivity index (χ3v) is 2.65. The second-order valence-electron chi connectivity index (χ2n) is 3.61. The molecule has 0 aliphatic carbocycles. The second kappa shape index (κ2) is 3.72. The van der Waals surface area contributed by atoms with E-state index >= 15 is 0 Å². The first-order valence-corrected chi connectivity index (χ1v) is 5.18. The summed E-state index contributed by atoms with van der Waals surface area (Å²) in [6.07, 6.45) is 3.26. The van der Waals surface area contributed by atoms with Crippen LogP contribution in [0.1, 0.15) is 5.56 Å². The first kappa shape index (κ1) is 9.55. The molecule has 80 valence electrons. The summed E-state index contributed by atoms with van der Waals surface area (Å²) >= 11 is 0. The summed E-state index contributed by atoms with van der Waals surface area (Å²) in [5.41, 5.74) is 3.04. The minimum Gasteiger partial charge on any atom is -0.220 e. The van der Waals surface area contributed by atoms with Gasteiger partial charge in [-0.15, -0.1) is 0 Å². The van der Waals surface area contributed by atoms with Crippen molar-refractivity contribution in [2.24, 2.45) is 0 Å². The van der Waals surface area contributed by atoms with E-state index in [0.717, 1.165) is 11.1 Å². The van der Waals surface area contributed by atoms with E-state index in [4.69, 9.17) is 0 Å². The molecule has 1 aromatic carbocycles. The van der Waals surface area contributed by atoms with Gasteiger partial charge in [0.05, 0.1) is 0 Å². The summed E-state index contributed by atoms with van der Waals surface area (Å²) in [7, 11) is 0. The van der Waals surface area contributed by atoms with Crippen LogP contribution in [0, 0.1) is 11.3 Å². The van der Waals surface area contributed by atoms with Crippen molar-refractivity contribution in [3.8, 4) is 17.2 Å². The first-order valence-electron chi connectivity index (χ1n) is 5.18. The Morgan fingerprint density at radius 3 is 2.71 bits per heavy atom. The van der Waals surface area contributed by atoms with E-state index in [-0.39, 0.29) is 0 Å².